The van der Waals surface area contributed by atoms with Crippen molar-refractivity contribution < 1.29 is 0 Å². The minimum Gasteiger partial charge on any atom is -0.351 e. The Morgan fingerprint density at radius 2 is 1.90 bits per heavy atom. The molecular formula is C16H20N4. The molecule has 20 heavy (non-hydrogen) atoms. The van der Waals surface area contributed by atoms with Gasteiger partial charge in [0, 0.05) is 29.7 Å². The molecule has 0 amide bonds. The van der Waals surface area contributed by atoms with E-state index in [0.717, 1.165) is 22.9 Å². The van der Waals surface area contributed by atoms with Crippen LogP contribution in [0.2, 0.25) is 0 Å². The molecular weight excluding hydrogens is 248 g/mol. The van der Waals surface area contributed by atoms with E-state index in [0.29, 0.717) is 6.04 Å². The third kappa shape index (κ3) is 3.13. The first kappa shape index (κ1) is 13.0. The summed E-state index contributed by atoms with van der Waals surface area (Å²) in [7, 11) is 0. The van der Waals surface area contributed by atoms with Gasteiger partial charge in [0.2, 0.25) is 5.95 Å². The molecule has 104 valence electrons. The molecule has 0 saturated heterocycles. The number of nitrogens with one attached hydrogen (secondary N) is 1. The highest BCUT2D eigenvalue weighted by atomic mass is 15.1. The SMILES string of the molecule is Cc1ccc(-c2ccnc(NC3CCCCC3)n2)cn1. The highest BCUT2D eigenvalue weighted by Gasteiger charge is 2.14. The van der Waals surface area contributed by atoms with Crippen LogP contribution in [0.3, 0.4) is 0 Å². The summed E-state index contributed by atoms with van der Waals surface area (Å²) in [5.74, 6) is 0.731. The molecule has 1 saturated carbocycles. The van der Waals surface area contributed by atoms with Gasteiger partial charge in [0.1, 0.15) is 0 Å². The van der Waals surface area contributed by atoms with Gasteiger partial charge in [-0.2, -0.15) is 0 Å². The van der Waals surface area contributed by atoms with Crippen LogP contribution in [0.1, 0.15) is 37.8 Å². The Bertz CT molecular complexity index is 559. The van der Waals surface area contributed by atoms with Gasteiger partial charge in [-0.3, -0.25) is 4.98 Å². The Morgan fingerprint density at radius 3 is 2.65 bits per heavy atom. The van der Waals surface area contributed by atoms with Crippen LogP contribution in [-0.4, -0.2) is 21.0 Å². The van der Waals surface area contributed by atoms with E-state index >= 15 is 0 Å². The molecule has 0 bridgehead atoms. The summed E-state index contributed by atoms with van der Waals surface area (Å²) in [5, 5.41) is 3.46. The second-order valence-corrected chi connectivity index (χ2v) is 5.43. The van der Waals surface area contributed by atoms with Gasteiger partial charge in [-0.15, -0.1) is 0 Å². The second kappa shape index (κ2) is 5.99. The largest absolute Gasteiger partial charge is 0.351 e. The van der Waals surface area contributed by atoms with Gasteiger partial charge in [-0.25, -0.2) is 9.97 Å². The van der Waals surface area contributed by atoms with Gasteiger partial charge >= 0.3 is 0 Å². The first-order chi connectivity index (χ1) is 9.81. The standard InChI is InChI=1S/C16H20N4/c1-12-7-8-13(11-18-12)15-9-10-17-16(20-15)19-14-5-3-2-4-6-14/h7-11,14H,2-6H2,1H3,(H,17,19,20). The number of pyridine rings is 1. The fourth-order valence-electron chi connectivity index (χ4n) is 2.64. The quantitative estimate of drug-likeness (QED) is 0.924. The molecule has 2 heterocycles. The zero-order chi connectivity index (χ0) is 13.8. The van der Waals surface area contributed by atoms with E-state index in [2.05, 4.69) is 26.3 Å². The summed E-state index contributed by atoms with van der Waals surface area (Å²) in [6.07, 6.45) is 10.1. The monoisotopic (exact) mass is 268 g/mol. The van der Waals surface area contributed by atoms with E-state index in [-0.39, 0.29) is 0 Å². The first-order valence-corrected chi connectivity index (χ1v) is 7.34. The van der Waals surface area contributed by atoms with Gasteiger partial charge in [0.05, 0.1) is 5.69 Å². The van der Waals surface area contributed by atoms with Gasteiger partial charge in [0.15, 0.2) is 0 Å². The molecule has 0 aliphatic heterocycles. The maximum absolute atomic E-state index is 4.60. The van der Waals surface area contributed by atoms with E-state index in [1.165, 1.54) is 32.1 Å². The van der Waals surface area contributed by atoms with Crippen LogP contribution in [0, 0.1) is 6.92 Å². The lowest BCUT2D eigenvalue weighted by Gasteiger charge is -2.22. The minimum absolute atomic E-state index is 0.523. The zero-order valence-corrected chi connectivity index (χ0v) is 11.8. The molecule has 0 radical (unpaired) electrons. The molecule has 0 aromatic carbocycles. The minimum atomic E-state index is 0.523. The Morgan fingerprint density at radius 1 is 1.05 bits per heavy atom. The summed E-state index contributed by atoms with van der Waals surface area (Å²) in [6.45, 7) is 1.99. The van der Waals surface area contributed by atoms with Crippen molar-refractivity contribution >= 4 is 5.95 Å². The first-order valence-electron chi connectivity index (χ1n) is 7.34. The lowest BCUT2D eigenvalue weighted by molar-refractivity contribution is 0.461. The van der Waals surface area contributed by atoms with Crippen molar-refractivity contribution in [1.29, 1.82) is 0 Å². The summed E-state index contributed by atoms with van der Waals surface area (Å²) >= 11 is 0. The summed E-state index contributed by atoms with van der Waals surface area (Å²) in [6, 6.07) is 6.51. The van der Waals surface area contributed by atoms with Crippen molar-refractivity contribution in [3.05, 3.63) is 36.3 Å². The highest BCUT2D eigenvalue weighted by Crippen LogP contribution is 2.21. The smallest absolute Gasteiger partial charge is 0.223 e. The van der Waals surface area contributed by atoms with Crippen LogP contribution < -0.4 is 5.32 Å². The highest BCUT2D eigenvalue weighted by molar-refractivity contribution is 5.58. The van der Waals surface area contributed by atoms with Crippen molar-refractivity contribution in [2.24, 2.45) is 0 Å². The number of hydrogen-bond donors (Lipinski definition) is 1. The summed E-state index contributed by atoms with van der Waals surface area (Å²) in [4.78, 5) is 13.3. The summed E-state index contributed by atoms with van der Waals surface area (Å²) < 4.78 is 0. The van der Waals surface area contributed by atoms with Crippen LogP contribution in [-0.2, 0) is 0 Å². The van der Waals surface area contributed by atoms with Gasteiger partial charge < -0.3 is 5.32 Å². The van der Waals surface area contributed by atoms with Crippen molar-refractivity contribution in [2.45, 2.75) is 45.1 Å². The molecule has 3 rings (SSSR count). The number of aryl methyl sites for hydroxylation is 1. The second-order valence-electron chi connectivity index (χ2n) is 5.43. The van der Waals surface area contributed by atoms with Gasteiger partial charge in [-0.05, 0) is 38.0 Å². The zero-order valence-electron chi connectivity index (χ0n) is 11.8. The molecule has 4 nitrogen and oxygen atoms in total. The molecule has 1 N–H and O–H groups in total. The molecule has 1 aliphatic carbocycles. The normalized spacial score (nSPS) is 16.1. The molecule has 2 aromatic heterocycles. The van der Waals surface area contributed by atoms with Crippen molar-refractivity contribution in [2.75, 3.05) is 5.32 Å². The Labute approximate surface area is 119 Å². The molecule has 0 spiro atoms. The maximum Gasteiger partial charge on any atom is 0.223 e. The van der Waals surface area contributed by atoms with Crippen molar-refractivity contribution in [3.63, 3.8) is 0 Å². The molecule has 2 aromatic rings. The van der Waals surface area contributed by atoms with Crippen LogP contribution in [0.5, 0.6) is 0 Å². The number of anilines is 1. The van der Waals surface area contributed by atoms with Crippen LogP contribution >= 0.6 is 0 Å². The maximum atomic E-state index is 4.60. The molecule has 0 atom stereocenters. The average Bonchev–Trinajstić information content (AvgIpc) is 2.49. The molecule has 4 heteroatoms. The molecule has 1 fully saturated rings. The van der Waals surface area contributed by atoms with E-state index in [9.17, 15) is 0 Å². The average molecular weight is 268 g/mol. The topological polar surface area (TPSA) is 50.7 Å². The molecule has 1 aliphatic rings. The number of nitrogens with zero attached hydrogens (tertiary/aromatic N) is 3. The van der Waals surface area contributed by atoms with E-state index < -0.39 is 0 Å². The summed E-state index contributed by atoms with van der Waals surface area (Å²) in [5.41, 5.74) is 2.97. The third-order valence-corrected chi connectivity index (χ3v) is 3.80. The van der Waals surface area contributed by atoms with Crippen LogP contribution in [0.15, 0.2) is 30.6 Å². The van der Waals surface area contributed by atoms with E-state index in [4.69, 9.17) is 0 Å². The molecule has 0 unspecified atom stereocenters. The lowest BCUT2D eigenvalue weighted by atomic mass is 9.96. The van der Waals surface area contributed by atoms with Crippen LogP contribution in [0.25, 0.3) is 11.3 Å². The Hall–Kier alpha value is -1.97. The number of hydrogen-bond acceptors (Lipinski definition) is 4. The predicted molar refractivity (Wildman–Crippen MR) is 80.5 cm³/mol. The number of rotatable bonds is 3. The van der Waals surface area contributed by atoms with Gasteiger partial charge in [0.25, 0.3) is 0 Å². The van der Waals surface area contributed by atoms with Gasteiger partial charge in [-0.1, -0.05) is 19.3 Å². The van der Waals surface area contributed by atoms with Crippen molar-refractivity contribution in [1.82, 2.24) is 15.0 Å². The fourth-order valence-corrected chi connectivity index (χ4v) is 2.64. The fraction of sp³-hybridized carbons (Fsp3) is 0.438. The van der Waals surface area contributed by atoms with Crippen LogP contribution in [0.4, 0.5) is 5.95 Å². The number of aromatic nitrogens is 3. The predicted octanol–water partition coefficient (Wildman–Crippen LogP) is 3.59. The van der Waals surface area contributed by atoms with E-state index in [1.54, 1.807) is 0 Å². The van der Waals surface area contributed by atoms with E-state index in [1.807, 2.05) is 31.5 Å². The van der Waals surface area contributed by atoms with Crippen molar-refractivity contribution in [3.8, 4) is 11.3 Å². The third-order valence-electron chi connectivity index (χ3n) is 3.80. The Kier molecular flexibility index (Phi) is 3.90. The lowest BCUT2D eigenvalue weighted by Crippen LogP contribution is -2.23. The Balaban J connectivity index is 1.76.